The second-order valence-corrected chi connectivity index (χ2v) is 5.96. The maximum Gasteiger partial charge on any atom is 0.264 e. The van der Waals surface area contributed by atoms with E-state index in [1.54, 1.807) is 18.2 Å². The molecule has 0 heterocycles. The molecule has 0 fully saturated rings. The van der Waals surface area contributed by atoms with Gasteiger partial charge < -0.3 is 15.2 Å². The summed E-state index contributed by atoms with van der Waals surface area (Å²) in [5, 5.41) is 0. The van der Waals surface area contributed by atoms with Gasteiger partial charge in [-0.3, -0.25) is 4.55 Å². The highest BCUT2D eigenvalue weighted by Crippen LogP contribution is 2.27. The standard InChI is InChI=1S/C13H21NO5S/c1-2-7-19-13-10-11(5-6-12(13)14)18-8-3-4-9-20(15,16)17/h5-6,10H,2-4,7-9,14H2,1H3,(H,15,16,17). The Balaban J connectivity index is 2.40. The molecule has 0 atom stereocenters. The van der Waals surface area contributed by atoms with Gasteiger partial charge in [-0.05, 0) is 31.4 Å². The van der Waals surface area contributed by atoms with Gasteiger partial charge in [-0.2, -0.15) is 8.42 Å². The maximum atomic E-state index is 10.5. The van der Waals surface area contributed by atoms with E-state index in [1.165, 1.54) is 0 Å². The number of anilines is 1. The first kappa shape index (κ1) is 16.6. The van der Waals surface area contributed by atoms with E-state index in [9.17, 15) is 8.42 Å². The van der Waals surface area contributed by atoms with Crippen molar-refractivity contribution in [3.05, 3.63) is 18.2 Å². The second kappa shape index (κ2) is 7.96. The SMILES string of the molecule is CCCOc1cc(OCCCCS(=O)(=O)O)ccc1N. The van der Waals surface area contributed by atoms with Crippen molar-refractivity contribution in [2.45, 2.75) is 26.2 Å². The van der Waals surface area contributed by atoms with Gasteiger partial charge in [-0.1, -0.05) is 6.92 Å². The third-order valence-corrected chi connectivity index (χ3v) is 3.32. The summed E-state index contributed by atoms with van der Waals surface area (Å²) in [4.78, 5) is 0. The smallest absolute Gasteiger partial charge is 0.264 e. The van der Waals surface area contributed by atoms with E-state index in [4.69, 9.17) is 19.8 Å². The molecule has 0 amide bonds. The topological polar surface area (TPSA) is 98.8 Å². The Morgan fingerprint density at radius 2 is 1.95 bits per heavy atom. The van der Waals surface area contributed by atoms with E-state index in [2.05, 4.69) is 0 Å². The van der Waals surface area contributed by atoms with Crippen LogP contribution in [0.3, 0.4) is 0 Å². The van der Waals surface area contributed by atoms with E-state index in [-0.39, 0.29) is 5.75 Å². The molecule has 1 aromatic carbocycles. The zero-order chi connectivity index (χ0) is 15.0. The molecule has 6 nitrogen and oxygen atoms in total. The van der Waals surface area contributed by atoms with Crippen molar-refractivity contribution in [2.75, 3.05) is 24.7 Å². The van der Waals surface area contributed by atoms with Gasteiger partial charge >= 0.3 is 0 Å². The summed E-state index contributed by atoms with van der Waals surface area (Å²) in [5.41, 5.74) is 6.33. The molecule has 0 bridgehead atoms. The zero-order valence-corrected chi connectivity index (χ0v) is 12.4. The first-order valence-electron chi connectivity index (χ1n) is 6.52. The number of rotatable bonds is 9. The molecular formula is C13H21NO5S. The summed E-state index contributed by atoms with van der Waals surface area (Å²) in [5.74, 6) is 0.961. The summed E-state index contributed by atoms with van der Waals surface area (Å²) in [6, 6.07) is 5.16. The highest BCUT2D eigenvalue weighted by Gasteiger charge is 2.05. The fourth-order valence-electron chi connectivity index (χ4n) is 1.52. The van der Waals surface area contributed by atoms with E-state index < -0.39 is 10.1 Å². The second-order valence-electron chi connectivity index (χ2n) is 4.39. The van der Waals surface area contributed by atoms with Crippen molar-refractivity contribution in [3.63, 3.8) is 0 Å². The average Bonchev–Trinajstić information content (AvgIpc) is 2.37. The molecule has 0 aliphatic heterocycles. The quantitative estimate of drug-likeness (QED) is 0.412. The van der Waals surface area contributed by atoms with Gasteiger partial charge in [0.15, 0.2) is 0 Å². The molecule has 0 aliphatic rings. The van der Waals surface area contributed by atoms with Crippen molar-refractivity contribution >= 4 is 15.8 Å². The van der Waals surface area contributed by atoms with Gasteiger partial charge in [0.2, 0.25) is 0 Å². The average molecular weight is 303 g/mol. The highest BCUT2D eigenvalue weighted by molar-refractivity contribution is 7.85. The fourth-order valence-corrected chi connectivity index (χ4v) is 2.09. The van der Waals surface area contributed by atoms with Crippen LogP contribution >= 0.6 is 0 Å². The molecule has 0 aromatic heterocycles. The Hall–Kier alpha value is -1.47. The summed E-state index contributed by atoms with van der Waals surface area (Å²) in [6.45, 7) is 2.96. The molecule has 0 spiro atoms. The van der Waals surface area contributed by atoms with E-state index >= 15 is 0 Å². The Morgan fingerprint density at radius 1 is 1.20 bits per heavy atom. The predicted octanol–water partition coefficient (Wildman–Crippen LogP) is 2.10. The number of benzene rings is 1. The van der Waals surface area contributed by atoms with Crippen LogP contribution in [0.5, 0.6) is 11.5 Å². The van der Waals surface area contributed by atoms with Crippen LogP contribution in [0.2, 0.25) is 0 Å². The van der Waals surface area contributed by atoms with Crippen LogP contribution in [0, 0.1) is 0 Å². The molecule has 20 heavy (non-hydrogen) atoms. The third kappa shape index (κ3) is 6.63. The predicted molar refractivity (Wildman–Crippen MR) is 77.8 cm³/mol. The molecule has 3 N–H and O–H groups in total. The molecule has 0 unspecified atom stereocenters. The maximum absolute atomic E-state index is 10.5. The summed E-state index contributed by atoms with van der Waals surface area (Å²) in [6.07, 6.45) is 1.78. The fraction of sp³-hybridized carbons (Fsp3) is 0.538. The number of hydrogen-bond acceptors (Lipinski definition) is 5. The Morgan fingerprint density at radius 3 is 2.60 bits per heavy atom. The van der Waals surface area contributed by atoms with E-state index in [1.807, 2.05) is 6.92 Å². The molecule has 0 saturated heterocycles. The minimum atomic E-state index is -3.88. The van der Waals surface area contributed by atoms with Crippen LogP contribution in [0.1, 0.15) is 26.2 Å². The normalized spacial score (nSPS) is 11.3. The Labute approximate surface area is 119 Å². The number of nitrogen functional groups attached to an aromatic ring is 1. The zero-order valence-electron chi connectivity index (χ0n) is 11.5. The van der Waals surface area contributed by atoms with Crippen molar-refractivity contribution < 1.29 is 22.4 Å². The van der Waals surface area contributed by atoms with Crippen LogP contribution in [0.4, 0.5) is 5.69 Å². The van der Waals surface area contributed by atoms with E-state index in [0.29, 0.717) is 43.2 Å². The lowest BCUT2D eigenvalue weighted by molar-refractivity contribution is 0.298. The number of unbranched alkanes of at least 4 members (excludes halogenated alkanes) is 1. The van der Waals surface area contributed by atoms with Gasteiger partial charge in [0, 0.05) is 6.07 Å². The van der Waals surface area contributed by atoms with Gasteiger partial charge in [0.1, 0.15) is 11.5 Å². The lowest BCUT2D eigenvalue weighted by atomic mass is 10.3. The van der Waals surface area contributed by atoms with Crippen molar-refractivity contribution in [1.29, 1.82) is 0 Å². The molecule has 1 aromatic rings. The minimum absolute atomic E-state index is 0.247. The lowest BCUT2D eigenvalue weighted by Crippen LogP contribution is -2.06. The summed E-state index contributed by atoms with van der Waals surface area (Å²) < 4.78 is 40.6. The molecular weight excluding hydrogens is 282 g/mol. The molecule has 0 aliphatic carbocycles. The Kier molecular flexibility index (Phi) is 6.60. The molecule has 0 radical (unpaired) electrons. The summed E-state index contributed by atoms with van der Waals surface area (Å²) in [7, 11) is -3.88. The van der Waals surface area contributed by atoms with Gasteiger partial charge in [0.25, 0.3) is 10.1 Å². The van der Waals surface area contributed by atoms with Crippen LogP contribution < -0.4 is 15.2 Å². The van der Waals surface area contributed by atoms with Gasteiger partial charge in [0.05, 0.1) is 24.7 Å². The monoisotopic (exact) mass is 303 g/mol. The lowest BCUT2D eigenvalue weighted by Gasteiger charge is -2.11. The molecule has 7 heteroatoms. The number of ether oxygens (including phenoxy) is 2. The van der Waals surface area contributed by atoms with Crippen LogP contribution in [0.25, 0.3) is 0 Å². The van der Waals surface area contributed by atoms with Crippen molar-refractivity contribution in [3.8, 4) is 11.5 Å². The number of hydrogen-bond donors (Lipinski definition) is 2. The first-order chi connectivity index (χ1) is 9.42. The largest absolute Gasteiger partial charge is 0.493 e. The first-order valence-corrected chi connectivity index (χ1v) is 8.13. The van der Waals surface area contributed by atoms with Crippen LogP contribution in [-0.4, -0.2) is 31.9 Å². The third-order valence-electron chi connectivity index (χ3n) is 2.51. The minimum Gasteiger partial charge on any atom is -0.493 e. The summed E-state index contributed by atoms with van der Waals surface area (Å²) >= 11 is 0. The Bertz CT molecular complexity index is 515. The molecule has 1 rings (SSSR count). The van der Waals surface area contributed by atoms with Crippen molar-refractivity contribution in [1.82, 2.24) is 0 Å². The molecule has 114 valence electrons. The van der Waals surface area contributed by atoms with Crippen molar-refractivity contribution in [2.24, 2.45) is 0 Å². The number of nitrogens with two attached hydrogens (primary N) is 1. The van der Waals surface area contributed by atoms with Crippen LogP contribution in [-0.2, 0) is 10.1 Å². The molecule has 0 saturated carbocycles. The van der Waals surface area contributed by atoms with Gasteiger partial charge in [-0.25, -0.2) is 0 Å². The highest BCUT2D eigenvalue weighted by atomic mass is 32.2. The van der Waals surface area contributed by atoms with Crippen LogP contribution in [0.15, 0.2) is 18.2 Å². The van der Waals surface area contributed by atoms with Gasteiger partial charge in [-0.15, -0.1) is 0 Å². The van der Waals surface area contributed by atoms with E-state index in [0.717, 1.165) is 6.42 Å².